The number of amidine groups is 1. The Bertz CT molecular complexity index is 982. The number of aromatic nitrogens is 1. The zero-order chi connectivity index (χ0) is 22.0. The third-order valence-corrected chi connectivity index (χ3v) is 5.91. The van der Waals surface area contributed by atoms with Gasteiger partial charge in [0.05, 0.1) is 19.2 Å². The minimum absolute atomic E-state index is 0.0660. The minimum atomic E-state index is 0.0660. The van der Waals surface area contributed by atoms with Crippen molar-refractivity contribution in [1.29, 1.82) is 0 Å². The lowest BCUT2D eigenvalue weighted by atomic mass is 9.88. The molecule has 1 fully saturated rings. The summed E-state index contributed by atoms with van der Waals surface area (Å²) in [4.78, 5) is 9.65. The van der Waals surface area contributed by atoms with Crippen LogP contribution in [-0.2, 0) is 0 Å². The second-order valence-electron chi connectivity index (χ2n) is 9.12. The maximum atomic E-state index is 5.27. The summed E-state index contributed by atoms with van der Waals surface area (Å²) >= 11 is 0. The number of benzene rings is 1. The van der Waals surface area contributed by atoms with Crippen molar-refractivity contribution in [3.63, 3.8) is 0 Å². The van der Waals surface area contributed by atoms with E-state index in [4.69, 9.17) is 14.8 Å². The molecule has 0 saturated carbocycles. The zero-order valence-corrected chi connectivity index (χ0v) is 19.2. The molecule has 1 aromatic carbocycles. The molecule has 4 rings (SSSR count). The molecule has 7 nitrogen and oxygen atoms in total. The van der Waals surface area contributed by atoms with Crippen LogP contribution in [0.4, 0.5) is 17.3 Å². The van der Waals surface area contributed by atoms with Gasteiger partial charge in [-0.2, -0.15) is 4.98 Å². The Kier molecular flexibility index (Phi) is 5.85. The fraction of sp³-hybridized carbons (Fsp3) is 0.458. The predicted octanol–water partition coefficient (Wildman–Crippen LogP) is 3.68. The number of nitrogens with zero attached hydrogens (tertiary/aromatic N) is 5. The van der Waals surface area contributed by atoms with Gasteiger partial charge in [-0.1, -0.05) is 31.9 Å². The van der Waals surface area contributed by atoms with Gasteiger partial charge in [0.1, 0.15) is 18.6 Å². The van der Waals surface area contributed by atoms with E-state index < -0.39 is 0 Å². The quantitative estimate of drug-likeness (QED) is 0.764. The molecule has 0 bridgehead atoms. The highest BCUT2D eigenvalue weighted by atomic mass is 16.5. The summed E-state index contributed by atoms with van der Waals surface area (Å²) in [5.41, 5.74) is 2.48. The van der Waals surface area contributed by atoms with Gasteiger partial charge in [0.15, 0.2) is 0 Å². The molecule has 7 heteroatoms. The summed E-state index contributed by atoms with van der Waals surface area (Å²) in [6, 6.07) is 14.5. The first kappa shape index (κ1) is 21.2. The van der Waals surface area contributed by atoms with Crippen molar-refractivity contribution in [2.24, 2.45) is 10.5 Å². The summed E-state index contributed by atoms with van der Waals surface area (Å²) in [6.45, 7) is 10.4. The van der Waals surface area contributed by atoms with Crippen molar-refractivity contribution in [3.8, 4) is 5.75 Å². The minimum Gasteiger partial charge on any atom is -0.497 e. The zero-order valence-electron chi connectivity index (χ0n) is 19.2. The van der Waals surface area contributed by atoms with E-state index in [9.17, 15) is 0 Å². The van der Waals surface area contributed by atoms with Gasteiger partial charge in [-0.05, 0) is 30.3 Å². The molecule has 2 aliphatic rings. The van der Waals surface area contributed by atoms with Crippen molar-refractivity contribution < 1.29 is 9.42 Å². The SMILES string of the molecule is COc1ccc(N2CCN(c3cccc(NC4=[N+](C)N=C(C(C)(C)C)C4)n3)CC2)cc1. The third kappa shape index (κ3) is 4.81. The van der Waals surface area contributed by atoms with E-state index in [2.05, 4.69) is 60.2 Å². The molecule has 0 radical (unpaired) electrons. The topological polar surface area (TPSA) is 56.0 Å². The molecule has 1 aromatic heterocycles. The van der Waals surface area contributed by atoms with Crippen molar-refractivity contribution in [2.75, 3.05) is 55.5 Å². The van der Waals surface area contributed by atoms with Crippen LogP contribution >= 0.6 is 0 Å². The number of anilines is 3. The van der Waals surface area contributed by atoms with Gasteiger partial charge >= 0.3 is 0 Å². The lowest BCUT2D eigenvalue weighted by Gasteiger charge is -2.36. The van der Waals surface area contributed by atoms with Crippen molar-refractivity contribution in [2.45, 2.75) is 27.2 Å². The molecule has 0 spiro atoms. The molecule has 0 amide bonds. The van der Waals surface area contributed by atoms with Gasteiger partial charge in [0, 0.05) is 43.3 Å². The predicted molar refractivity (Wildman–Crippen MR) is 128 cm³/mol. The second kappa shape index (κ2) is 8.57. The summed E-state index contributed by atoms with van der Waals surface area (Å²) in [5.74, 6) is 3.83. The van der Waals surface area contributed by atoms with Gasteiger partial charge in [-0.15, -0.1) is 4.68 Å². The molecule has 164 valence electrons. The van der Waals surface area contributed by atoms with E-state index in [1.54, 1.807) is 7.11 Å². The van der Waals surface area contributed by atoms with Crippen LogP contribution in [0, 0.1) is 5.41 Å². The number of methoxy groups -OCH3 is 1. The second-order valence-corrected chi connectivity index (χ2v) is 9.12. The van der Waals surface area contributed by atoms with Crippen LogP contribution in [0.2, 0.25) is 0 Å². The number of ether oxygens (including phenoxy) is 1. The Morgan fingerprint density at radius 1 is 0.968 bits per heavy atom. The monoisotopic (exact) mass is 421 g/mol. The van der Waals surface area contributed by atoms with E-state index in [1.807, 2.05) is 29.9 Å². The summed E-state index contributed by atoms with van der Waals surface area (Å²) in [6.07, 6.45) is 0.826. The first-order valence-electron chi connectivity index (χ1n) is 10.9. The van der Waals surface area contributed by atoms with E-state index in [0.29, 0.717) is 0 Å². The summed E-state index contributed by atoms with van der Waals surface area (Å²) in [7, 11) is 3.69. The van der Waals surface area contributed by atoms with Crippen LogP contribution in [0.1, 0.15) is 27.2 Å². The Morgan fingerprint density at radius 2 is 1.65 bits per heavy atom. The number of rotatable bonds is 4. The average molecular weight is 422 g/mol. The normalized spacial score (nSPS) is 17.1. The molecule has 0 unspecified atom stereocenters. The summed E-state index contributed by atoms with van der Waals surface area (Å²) < 4.78 is 7.20. The van der Waals surface area contributed by atoms with Crippen LogP contribution in [0.5, 0.6) is 5.75 Å². The van der Waals surface area contributed by atoms with Gasteiger partial charge in [0.2, 0.25) is 5.82 Å². The third-order valence-electron chi connectivity index (χ3n) is 5.91. The van der Waals surface area contributed by atoms with Crippen molar-refractivity contribution in [1.82, 2.24) is 4.98 Å². The van der Waals surface area contributed by atoms with Gasteiger partial charge in [-0.3, -0.25) is 0 Å². The van der Waals surface area contributed by atoms with Gasteiger partial charge in [0.25, 0.3) is 5.84 Å². The number of hydrogen-bond acceptors (Lipinski definition) is 6. The fourth-order valence-electron chi connectivity index (χ4n) is 3.89. The fourth-order valence-corrected chi connectivity index (χ4v) is 3.89. The van der Waals surface area contributed by atoms with E-state index >= 15 is 0 Å². The molecule has 3 heterocycles. The maximum absolute atomic E-state index is 5.27. The molecular weight excluding hydrogens is 388 g/mol. The lowest BCUT2D eigenvalue weighted by molar-refractivity contribution is -0.499. The standard InChI is InChI=1S/C24H32N6O/c1-24(2,3)20-17-23(28(4)27-20)26-21-7-6-8-22(25-21)30-15-13-29(14-16-30)18-9-11-19(31-5)12-10-18/h6-12H,13-17H2,1-5H3/p+1. The number of hydrazone groups is 1. The highest BCUT2D eigenvalue weighted by Crippen LogP contribution is 2.24. The highest BCUT2D eigenvalue weighted by Gasteiger charge is 2.31. The Hall–Kier alpha value is -3.09. The largest absolute Gasteiger partial charge is 0.497 e. The van der Waals surface area contributed by atoms with Crippen LogP contribution in [0.25, 0.3) is 0 Å². The van der Waals surface area contributed by atoms with Crippen molar-refractivity contribution >= 4 is 28.9 Å². The van der Waals surface area contributed by atoms with E-state index in [0.717, 1.165) is 55.8 Å². The first-order chi connectivity index (χ1) is 14.8. The highest BCUT2D eigenvalue weighted by molar-refractivity contribution is 6.10. The number of nitrogens with one attached hydrogen (secondary N) is 1. The Labute approximate surface area is 185 Å². The van der Waals surface area contributed by atoms with Crippen molar-refractivity contribution in [3.05, 3.63) is 42.5 Å². The number of piperazine rings is 1. The van der Waals surface area contributed by atoms with E-state index in [-0.39, 0.29) is 5.41 Å². The smallest absolute Gasteiger partial charge is 0.281 e. The molecule has 1 N–H and O–H groups in total. The molecule has 0 aliphatic carbocycles. The van der Waals surface area contributed by atoms with Crippen LogP contribution in [-0.4, -0.2) is 61.6 Å². The van der Waals surface area contributed by atoms with Crippen LogP contribution in [0.3, 0.4) is 0 Å². The Morgan fingerprint density at radius 3 is 2.26 bits per heavy atom. The number of pyridine rings is 1. The lowest BCUT2D eigenvalue weighted by Crippen LogP contribution is -2.46. The van der Waals surface area contributed by atoms with Crippen LogP contribution in [0.15, 0.2) is 47.6 Å². The maximum Gasteiger partial charge on any atom is 0.281 e. The molecular formula is C24H33N6O+. The summed E-state index contributed by atoms with van der Waals surface area (Å²) in [5, 5.41) is 8.18. The first-order valence-corrected chi connectivity index (χ1v) is 10.9. The number of hydrogen-bond donors (Lipinski definition) is 1. The molecule has 31 heavy (non-hydrogen) atoms. The Balaban J connectivity index is 1.38. The molecule has 2 aromatic rings. The van der Waals surface area contributed by atoms with Crippen LogP contribution < -0.4 is 19.9 Å². The van der Waals surface area contributed by atoms with Gasteiger partial charge < -0.3 is 14.5 Å². The molecule has 0 atom stereocenters. The molecule has 1 saturated heterocycles. The average Bonchev–Trinajstić information content (AvgIpc) is 3.15. The van der Waals surface area contributed by atoms with Gasteiger partial charge in [-0.25, -0.2) is 5.32 Å². The molecule has 2 aliphatic heterocycles. The van der Waals surface area contributed by atoms with E-state index in [1.165, 1.54) is 11.4 Å².